The number of ether oxygens (including phenoxy) is 2. The van der Waals surface area contributed by atoms with Gasteiger partial charge in [0.15, 0.2) is 11.6 Å². The van der Waals surface area contributed by atoms with Gasteiger partial charge in [-0.15, -0.1) is 0 Å². The van der Waals surface area contributed by atoms with Gasteiger partial charge in [0.2, 0.25) is 0 Å². The van der Waals surface area contributed by atoms with Crippen LogP contribution in [0.1, 0.15) is 27.3 Å². The van der Waals surface area contributed by atoms with Crippen LogP contribution in [-0.2, 0) is 6.54 Å². The molecular weight excluding hydrogens is 413 g/mol. The summed E-state index contributed by atoms with van der Waals surface area (Å²) in [5, 5.41) is 10.7. The van der Waals surface area contributed by atoms with Crippen molar-refractivity contribution in [2.75, 3.05) is 14.2 Å². The minimum atomic E-state index is -0.455. The molecule has 9 heteroatoms. The van der Waals surface area contributed by atoms with Crippen molar-refractivity contribution < 1.29 is 18.7 Å². The lowest BCUT2D eigenvalue weighted by Gasteiger charge is -2.10. The standard InChI is InChI=1S/C23H20FN5O3/c1-31-20-8-4-14(11-17(20)24)3-6-18-21-19(29-28-18)7-5-16(22(21)32-2)23(30)27-13-15-12-25-9-10-26-15/h3-12H,13H2,1-2H3,(H,27,30)(H,28,29)/b6-3+. The van der Waals surface area contributed by atoms with Crippen LogP contribution in [0.4, 0.5) is 4.39 Å². The highest BCUT2D eigenvalue weighted by molar-refractivity contribution is 6.05. The van der Waals surface area contributed by atoms with E-state index in [1.807, 2.05) is 0 Å². The Bertz CT molecular complexity index is 1290. The first kappa shape index (κ1) is 21.0. The largest absolute Gasteiger partial charge is 0.495 e. The average molecular weight is 433 g/mol. The highest BCUT2D eigenvalue weighted by Gasteiger charge is 2.19. The summed E-state index contributed by atoms with van der Waals surface area (Å²) in [5.41, 5.74) is 2.89. The predicted molar refractivity (Wildman–Crippen MR) is 118 cm³/mol. The topological polar surface area (TPSA) is 102 Å². The lowest BCUT2D eigenvalue weighted by Crippen LogP contribution is -2.24. The Morgan fingerprint density at radius 2 is 2.03 bits per heavy atom. The van der Waals surface area contributed by atoms with Gasteiger partial charge in [-0.25, -0.2) is 4.39 Å². The molecule has 162 valence electrons. The normalized spacial score (nSPS) is 11.1. The summed E-state index contributed by atoms with van der Waals surface area (Å²) in [6.07, 6.45) is 8.20. The average Bonchev–Trinajstić information content (AvgIpc) is 3.24. The Morgan fingerprint density at radius 1 is 1.16 bits per heavy atom. The van der Waals surface area contributed by atoms with Crippen LogP contribution in [0.15, 0.2) is 48.9 Å². The molecule has 0 aliphatic rings. The molecule has 2 heterocycles. The third-order valence-corrected chi connectivity index (χ3v) is 4.82. The number of methoxy groups -OCH3 is 2. The van der Waals surface area contributed by atoms with E-state index < -0.39 is 5.82 Å². The summed E-state index contributed by atoms with van der Waals surface area (Å²) in [4.78, 5) is 20.9. The Kier molecular flexibility index (Phi) is 6.07. The summed E-state index contributed by atoms with van der Waals surface area (Å²) in [5.74, 6) is -0.215. The smallest absolute Gasteiger partial charge is 0.255 e. The van der Waals surface area contributed by atoms with E-state index in [0.29, 0.717) is 39.2 Å². The maximum atomic E-state index is 14.0. The first-order chi connectivity index (χ1) is 15.6. The SMILES string of the molecule is COc1ccc(/C=C/c2[nH]nc3ccc(C(=O)NCc4cnccn4)c(OC)c23)cc1F. The lowest BCUT2D eigenvalue weighted by molar-refractivity contribution is 0.0947. The number of hydrogen-bond donors (Lipinski definition) is 2. The Labute approximate surface area is 183 Å². The van der Waals surface area contributed by atoms with Gasteiger partial charge < -0.3 is 14.8 Å². The van der Waals surface area contributed by atoms with Crippen molar-refractivity contribution in [1.29, 1.82) is 0 Å². The third kappa shape index (κ3) is 4.27. The number of nitrogens with zero attached hydrogens (tertiary/aromatic N) is 3. The van der Waals surface area contributed by atoms with E-state index in [0.717, 1.165) is 0 Å². The number of H-pyrrole nitrogens is 1. The molecule has 0 spiro atoms. The zero-order valence-corrected chi connectivity index (χ0v) is 17.4. The Hall–Kier alpha value is -4.27. The highest BCUT2D eigenvalue weighted by Crippen LogP contribution is 2.32. The van der Waals surface area contributed by atoms with Crippen LogP contribution in [0.5, 0.6) is 11.5 Å². The van der Waals surface area contributed by atoms with Crippen molar-refractivity contribution in [2.24, 2.45) is 0 Å². The molecule has 0 radical (unpaired) electrons. The minimum Gasteiger partial charge on any atom is -0.495 e. The van der Waals surface area contributed by atoms with Crippen LogP contribution < -0.4 is 14.8 Å². The molecule has 0 fully saturated rings. The van der Waals surface area contributed by atoms with Crippen molar-refractivity contribution in [3.8, 4) is 11.5 Å². The van der Waals surface area contributed by atoms with Crippen molar-refractivity contribution in [3.63, 3.8) is 0 Å². The summed E-state index contributed by atoms with van der Waals surface area (Å²) < 4.78 is 24.5. The summed E-state index contributed by atoms with van der Waals surface area (Å²) in [6.45, 7) is 0.231. The molecule has 1 amide bonds. The highest BCUT2D eigenvalue weighted by atomic mass is 19.1. The number of hydrogen-bond acceptors (Lipinski definition) is 6. The van der Waals surface area contributed by atoms with E-state index in [2.05, 4.69) is 25.5 Å². The number of carbonyl (C=O) groups excluding carboxylic acids is 1. The number of amides is 1. The number of aromatic amines is 1. The van der Waals surface area contributed by atoms with E-state index >= 15 is 0 Å². The summed E-state index contributed by atoms with van der Waals surface area (Å²) in [6, 6.07) is 8.05. The molecule has 2 aromatic carbocycles. The maximum absolute atomic E-state index is 14.0. The molecule has 0 atom stereocenters. The number of carbonyl (C=O) groups is 1. The molecule has 4 rings (SSSR count). The van der Waals surface area contributed by atoms with Crippen LogP contribution in [0.25, 0.3) is 23.1 Å². The molecule has 32 heavy (non-hydrogen) atoms. The van der Waals surface area contributed by atoms with Gasteiger partial charge in [-0.3, -0.25) is 19.9 Å². The monoisotopic (exact) mass is 433 g/mol. The van der Waals surface area contributed by atoms with E-state index in [-0.39, 0.29) is 18.2 Å². The number of halogens is 1. The molecule has 4 aromatic rings. The molecule has 8 nitrogen and oxygen atoms in total. The molecule has 0 saturated carbocycles. The fraction of sp³-hybridized carbons (Fsp3) is 0.130. The van der Waals surface area contributed by atoms with Gasteiger partial charge in [-0.1, -0.05) is 12.1 Å². The van der Waals surface area contributed by atoms with Crippen LogP contribution in [0.2, 0.25) is 0 Å². The number of benzene rings is 2. The predicted octanol–water partition coefficient (Wildman–Crippen LogP) is 3.61. The fourth-order valence-electron chi connectivity index (χ4n) is 3.27. The van der Waals surface area contributed by atoms with Crippen molar-refractivity contribution in [3.05, 3.63) is 77.3 Å². The van der Waals surface area contributed by atoms with Crippen molar-refractivity contribution in [1.82, 2.24) is 25.5 Å². The lowest BCUT2D eigenvalue weighted by atomic mass is 10.1. The van der Waals surface area contributed by atoms with Crippen LogP contribution >= 0.6 is 0 Å². The first-order valence-corrected chi connectivity index (χ1v) is 9.70. The number of fused-ring (bicyclic) bond motifs is 1. The van der Waals surface area contributed by atoms with Crippen LogP contribution in [0.3, 0.4) is 0 Å². The van der Waals surface area contributed by atoms with Gasteiger partial charge in [0.25, 0.3) is 5.91 Å². The molecule has 0 aliphatic heterocycles. The zero-order valence-electron chi connectivity index (χ0n) is 17.4. The second-order valence-electron chi connectivity index (χ2n) is 6.78. The second-order valence-corrected chi connectivity index (χ2v) is 6.78. The number of nitrogens with one attached hydrogen (secondary N) is 2. The van der Waals surface area contributed by atoms with Crippen LogP contribution in [-0.4, -0.2) is 40.3 Å². The van der Waals surface area contributed by atoms with Gasteiger partial charge in [-0.05, 0) is 35.9 Å². The zero-order chi connectivity index (χ0) is 22.5. The molecule has 0 aliphatic carbocycles. The first-order valence-electron chi connectivity index (χ1n) is 9.70. The fourth-order valence-corrected chi connectivity index (χ4v) is 3.27. The molecule has 0 unspecified atom stereocenters. The molecule has 2 aromatic heterocycles. The van der Waals surface area contributed by atoms with Gasteiger partial charge in [-0.2, -0.15) is 5.10 Å². The quantitative estimate of drug-likeness (QED) is 0.462. The molecule has 2 N–H and O–H groups in total. The van der Waals surface area contributed by atoms with Gasteiger partial charge in [0.1, 0.15) is 5.75 Å². The third-order valence-electron chi connectivity index (χ3n) is 4.82. The van der Waals surface area contributed by atoms with Crippen molar-refractivity contribution >= 4 is 29.0 Å². The maximum Gasteiger partial charge on any atom is 0.255 e. The summed E-state index contributed by atoms with van der Waals surface area (Å²) in [7, 11) is 2.91. The minimum absolute atomic E-state index is 0.174. The molecule has 0 bridgehead atoms. The van der Waals surface area contributed by atoms with Crippen LogP contribution in [0, 0.1) is 5.82 Å². The van der Waals surface area contributed by atoms with E-state index in [4.69, 9.17) is 9.47 Å². The molecular formula is C23H20FN5O3. The van der Waals surface area contributed by atoms with Gasteiger partial charge >= 0.3 is 0 Å². The Balaban J connectivity index is 1.63. The van der Waals surface area contributed by atoms with E-state index in [1.165, 1.54) is 20.3 Å². The van der Waals surface area contributed by atoms with E-state index in [9.17, 15) is 9.18 Å². The van der Waals surface area contributed by atoms with Gasteiger partial charge in [0.05, 0.1) is 54.8 Å². The number of aromatic nitrogens is 4. The second kappa shape index (κ2) is 9.25. The Morgan fingerprint density at radius 3 is 2.75 bits per heavy atom. The number of rotatable bonds is 7. The summed E-state index contributed by atoms with van der Waals surface area (Å²) >= 11 is 0. The van der Waals surface area contributed by atoms with E-state index in [1.54, 1.807) is 55.0 Å². The van der Waals surface area contributed by atoms with Crippen molar-refractivity contribution in [2.45, 2.75) is 6.54 Å². The van der Waals surface area contributed by atoms with Gasteiger partial charge in [0, 0.05) is 12.4 Å². The molecule has 0 saturated heterocycles.